The lowest BCUT2D eigenvalue weighted by atomic mass is 9.93. The van der Waals surface area contributed by atoms with Gasteiger partial charge in [0.2, 0.25) is 5.91 Å². The number of aryl methyl sites for hydroxylation is 1. The molecule has 2 N–H and O–H groups in total. The molecule has 0 saturated carbocycles. The number of rotatable bonds is 3. The van der Waals surface area contributed by atoms with Gasteiger partial charge in [0.25, 0.3) is 0 Å². The SMILES string of the molecule is Cc1cc2ccccc2c(C(C)(C)NC(=O)C2CNCCOC2)n1. The number of ether oxygens (including phenoxy) is 1. The molecule has 0 bridgehead atoms. The van der Waals surface area contributed by atoms with E-state index >= 15 is 0 Å². The number of carbonyl (C=O) groups is 1. The molecule has 5 nitrogen and oxygen atoms in total. The first-order chi connectivity index (χ1) is 11.5. The van der Waals surface area contributed by atoms with Crippen molar-refractivity contribution in [1.82, 2.24) is 15.6 Å². The van der Waals surface area contributed by atoms with Crippen molar-refractivity contribution in [3.8, 4) is 0 Å². The van der Waals surface area contributed by atoms with Crippen LogP contribution >= 0.6 is 0 Å². The summed E-state index contributed by atoms with van der Waals surface area (Å²) in [7, 11) is 0. The van der Waals surface area contributed by atoms with Crippen LogP contribution in [0, 0.1) is 12.8 Å². The zero-order valence-corrected chi connectivity index (χ0v) is 14.6. The van der Waals surface area contributed by atoms with Crippen LogP contribution in [0.1, 0.15) is 25.2 Å². The van der Waals surface area contributed by atoms with E-state index in [1.165, 1.54) is 0 Å². The first-order valence-corrected chi connectivity index (χ1v) is 8.45. The maximum atomic E-state index is 12.7. The molecular formula is C19H25N3O2. The van der Waals surface area contributed by atoms with E-state index in [9.17, 15) is 4.79 Å². The van der Waals surface area contributed by atoms with Crippen molar-refractivity contribution in [1.29, 1.82) is 0 Å². The molecule has 1 amide bonds. The van der Waals surface area contributed by atoms with Crippen molar-refractivity contribution in [2.75, 3.05) is 26.3 Å². The maximum Gasteiger partial charge on any atom is 0.227 e. The third-order valence-corrected chi connectivity index (χ3v) is 4.40. The van der Waals surface area contributed by atoms with Gasteiger partial charge in [-0.3, -0.25) is 9.78 Å². The Morgan fingerprint density at radius 2 is 2.17 bits per heavy atom. The summed E-state index contributed by atoms with van der Waals surface area (Å²) in [5, 5.41) is 8.62. The van der Waals surface area contributed by atoms with Gasteiger partial charge in [-0.1, -0.05) is 24.3 Å². The number of hydrogen-bond donors (Lipinski definition) is 2. The highest BCUT2D eigenvalue weighted by Crippen LogP contribution is 2.27. The molecule has 1 aliphatic rings. The summed E-state index contributed by atoms with van der Waals surface area (Å²) in [6, 6.07) is 10.2. The number of amides is 1. The second kappa shape index (κ2) is 6.87. The molecule has 5 heteroatoms. The number of nitrogens with zero attached hydrogens (tertiary/aromatic N) is 1. The molecule has 0 radical (unpaired) electrons. The first kappa shape index (κ1) is 16.9. The van der Waals surface area contributed by atoms with Crippen LogP contribution in [-0.2, 0) is 15.1 Å². The van der Waals surface area contributed by atoms with Crippen molar-refractivity contribution in [2.45, 2.75) is 26.3 Å². The quantitative estimate of drug-likeness (QED) is 0.906. The molecule has 1 aromatic heterocycles. The molecule has 1 saturated heterocycles. The first-order valence-electron chi connectivity index (χ1n) is 8.45. The van der Waals surface area contributed by atoms with E-state index in [1.54, 1.807) is 0 Å². The Hall–Kier alpha value is -1.98. The van der Waals surface area contributed by atoms with Crippen LogP contribution in [0.5, 0.6) is 0 Å². The summed E-state index contributed by atoms with van der Waals surface area (Å²) in [6.45, 7) is 8.53. The Morgan fingerprint density at radius 3 is 3.00 bits per heavy atom. The largest absolute Gasteiger partial charge is 0.379 e. The van der Waals surface area contributed by atoms with E-state index in [4.69, 9.17) is 9.72 Å². The van der Waals surface area contributed by atoms with Gasteiger partial charge in [0.15, 0.2) is 0 Å². The number of hydrogen-bond acceptors (Lipinski definition) is 4. The van der Waals surface area contributed by atoms with Crippen molar-refractivity contribution in [2.24, 2.45) is 5.92 Å². The monoisotopic (exact) mass is 327 g/mol. The molecule has 1 aliphatic heterocycles. The Kier molecular flexibility index (Phi) is 4.83. The van der Waals surface area contributed by atoms with Crippen LogP contribution in [0.2, 0.25) is 0 Å². The smallest absolute Gasteiger partial charge is 0.227 e. The zero-order chi connectivity index (χ0) is 17.2. The van der Waals surface area contributed by atoms with Crippen molar-refractivity contribution in [3.63, 3.8) is 0 Å². The molecule has 24 heavy (non-hydrogen) atoms. The lowest BCUT2D eigenvalue weighted by Crippen LogP contribution is -2.47. The average molecular weight is 327 g/mol. The van der Waals surface area contributed by atoms with E-state index < -0.39 is 5.54 Å². The molecule has 2 aromatic rings. The fourth-order valence-corrected chi connectivity index (χ4v) is 3.15. The minimum Gasteiger partial charge on any atom is -0.379 e. The number of pyridine rings is 1. The lowest BCUT2D eigenvalue weighted by molar-refractivity contribution is -0.128. The van der Waals surface area contributed by atoms with Crippen molar-refractivity contribution >= 4 is 16.7 Å². The molecule has 3 rings (SSSR count). The van der Waals surface area contributed by atoms with Crippen LogP contribution in [0.3, 0.4) is 0 Å². The van der Waals surface area contributed by atoms with Gasteiger partial charge < -0.3 is 15.4 Å². The van der Waals surface area contributed by atoms with Gasteiger partial charge in [-0.25, -0.2) is 0 Å². The fourth-order valence-electron chi connectivity index (χ4n) is 3.15. The highest BCUT2D eigenvalue weighted by atomic mass is 16.5. The number of fused-ring (bicyclic) bond motifs is 1. The predicted molar refractivity (Wildman–Crippen MR) is 94.8 cm³/mol. The molecule has 2 heterocycles. The summed E-state index contributed by atoms with van der Waals surface area (Å²) in [4.78, 5) is 17.4. The van der Waals surface area contributed by atoms with Crippen LogP contribution in [0.15, 0.2) is 30.3 Å². The number of nitrogens with one attached hydrogen (secondary N) is 2. The molecule has 1 atom stereocenters. The normalized spacial score (nSPS) is 19.0. The lowest BCUT2D eigenvalue weighted by Gasteiger charge is -2.29. The van der Waals surface area contributed by atoms with E-state index in [0.29, 0.717) is 19.8 Å². The Bertz CT molecular complexity index is 734. The van der Waals surface area contributed by atoms with Crippen LogP contribution in [0.25, 0.3) is 10.8 Å². The maximum absolute atomic E-state index is 12.7. The second-order valence-electron chi connectivity index (χ2n) is 6.92. The third-order valence-electron chi connectivity index (χ3n) is 4.40. The molecule has 0 spiro atoms. The molecular weight excluding hydrogens is 302 g/mol. The average Bonchev–Trinajstić information content (AvgIpc) is 2.83. The molecule has 1 unspecified atom stereocenters. The van der Waals surface area contributed by atoms with Gasteiger partial charge in [-0.2, -0.15) is 0 Å². The molecule has 128 valence electrons. The van der Waals surface area contributed by atoms with Gasteiger partial charge in [0, 0.05) is 24.2 Å². The summed E-state index contributed by atoms with van der Waals surface area (Å²) in [6.07, 6.45) is 0. The Balaban J connectivity index is 1.88. The standard InChI is InChI=1S/C19H25N3O2/c1-13-10-14-6-4-5-7-16(14)17(21-13)19(2,3)22-18(23)15-11-20-8-9-24-12-15/h4-7,10,15,20H,8-9,11-12H2,1-3H3,(H,22,23). The summed E-state index contributed by atoms with van der Waals surface area (Å²) >= 11 is 0. The Labute approximate surface area is 142 Å². The van der Waals surface area contributed by atoms with Crippen LogP contribution < -0.4 is 10.6 Å². The second-order valence-corrected chi connectivity index (χ2v) is 6.92. The number of benzene rings is 1. The highest BCUT2D eigenvalue weighted by molar-refractivity contribution is 5.87. The number of aromatic nitrogens is 1. The predicted octanol–water partition coefficient (Wildman–Crippen LogP) is 2.13. The highest BCUT2D eigenvalue weighted by Gasteiger charge is 2.30. The zero-order valence-electron chi connectivity index (χ0n) is 14.6. The summed E-state index contributed by atoms with van der Waals surface area (Å²) in [5.74, 6) is -0.176. The Morgan fingerprint density at radius 1 is 1.38 bits per heavy atom. The number of carbonyl (C=O) groups excluding carboxylic acids is 1. The van der Waals surface area contributed by atoms with Gasteiger partial charge in [0.1, 0.15) is 0 Å². The molecule has 0 aliphatic carbocycles. The minimum absolute atomic E-state index is 0.00165. The fraction of sp³-hybridized carbons (Fsp3) is 0.474. The molecule has 1 fully saturated rings. The van der Waals surface area contributed by atoms with Gasteiger partial charge in [0.05, 0.1) is 30.4 Å². The van der Waals surface area contributed by atoms with Gasteiger partial charge in [-0.15, -0.1) is 0 Å². The van der Waals surface area contributed by atoms with Gasteiger partial charge in [-0.05, 0) is 32.2 Å². The van der Waals surface area contributed by atoms with Crippen molar-refractivity contribution < 1.29 is 9.53 Å². The van der Waals surface area contributed by atoms with E-state index in [1.807, 2.05) is 32.9 Å². The third kappa shape index (κ3) is 3.57. The summed E-state index contributed by atoms with van der Waals surface area (Å²) in [5.41, 5.74) is 1.29. The topological polar surface area (TPSA) is 63.2 Å². The van der Waals surface area contributed by atoms with Crippen molar-refractivity contribution in [3.05, 3.63) is 41.7 Å². The van der Waals surface area contributed by atoms with Crippen LogP contribution in [-0.4, -0.2) is 37.2 Å². The van der Waals surface area contributed by atoms with Gasteiger partial charge >= 0.3 is 0 Å². The van der Waals surface area contributed by atoms with E-state index in [2.05, 4.69) is 28.8 Å². The van der Waals surface area contributed by atoms with Crippen LogP contribution in [0.4, 0.5) is 0 Å². The summed E-state index contributed by atoms with van der Waals surface area (Å²) < 4.78 is 5.50. The van der Waals surface area contributed by atoms with E-state index in [-0.39, 0.29) is 11.8 Å². The minimum atomic E-state index is -0.561. The van der Waals surface area contributed by atoms with E-state index in [0.717, 1.165) is 28.7 Å². The molecule has 1 aromatic carbocycles.